The Morgan fingerprint density at radius 2 is 2.19 bits per heavy atom. The van der Waals surface area contributed by atoms with Gasteiger partial charge in [0, 0.05) is 11.9 Å². The number of nitrogens with one attached hydrogen (secondary N) is 1. The van der Waals surface area contributed by atoms with Gasteiger partial charge in [-0.05, 0) is 31.5 Å². The van der Waals surface area contributed by atoms with Gasteiger partial charge in [0.15, 0.2) is 0 Å². The molecule has 0 saturated heterocycles. The van der Waals surface area contributed by atoms with Crippen LogP contribution in [0, 0.1) is 6.92 Å². The number of halogens is 1. The number of pyridine rings is 1. The molecule has 84 valence electrons. The number of anilines is 2. The lowest BCUT2D eigenvalue weighted by Crippen LogP contribution is -2.02. The highest BCUT2D eigenvalue weighted by atomic mass is 35.5. The fourth-order valence-electron chi connectivity index (χ4n) is 1.78. The molecule has 2 aromatic rings. The van der Waals surface area contributed by atoms with Gasteiger partial charge < -0.3 is 11.1 Å². The molecule has 1 aromatic carbocycles. The first kappa shape index (κ1) is 11.0. The van der Waals surface area contributed by atoms with E-state index in [-0.39, 0.29) is 0 Å². The van der Waals surface area contributed by atoms with Gasteiger partial charge in [0.1, 0.15) is 0 Å². The Kier molecular flexibility index (Phi) is 2.88. The Hall–Kier alpha value is -1.48. The van der Waals surface area contributed by atoms with Crippen molar-refractivity contribution in [3.05, 3.63) is 28.9 Å². The minimum absolute atomic E-state index is 0.649. The van der Waals surface area contributed by atoms with Crippen molar-refractivity contribution < 1.29 is 0 Å². The molecular weight excluding hydrogens is 222 g/mol. The Bertz CT molecular complexity index is 537. The van der Waals surface area contributed by atoms with Crippen LogP contribution in [-0.4, -0.2) is 11.5 Å². The van der Waals surface area contributed by atoms with E-state index in [1.54, 1.807) is 6.20 Å². The number of fused-ring (bicyclic) bond motifs is 1. The third-order valence-electron chi connectivity index (χ3n) is 2.45. The zero-order valence-electron chi connectivity index (χ0n) is 9.34. The summed E-state index contributed by atoms with van der Waals surface area (Å²) < 4.78 is 0. The molecule has 0 radical (unpaired) electrons. The van der Waals surface area contributed by atoms with E-state index >= 15 is 0 Å². The number of aromatic nitrogens is 1. The number of aryl methyl sites for hydroxylation is 1. The van der Waals surface area contributed by atoms with Crippen molar-refractivity contribution in [1.29, 1.82) is 0 Å². The van der Waals surface area contributed by atoms with E-state index in [4.69, 9.17) is 17.3 Å². The van der Waals surface area contributed by atoms with Gasteiger partial charge >= 0.3 is 0 Å². The second-order valence-electron chi connectivity index (χ2n) is 3.76. The maximum absolute atomic E-state index is 6.16. The standard InChI is InChI=1S/C12H14ClN3/c1-3-15-12-8-4-7(2)5-9(13)11(8)16-6-10(12)14/h4-6H,3,14H2,1-2H3,(H,15,16). The summed E-state index contributed by atoms with van der Waals surface area (Å²) in [5.41, 5.74) is 9.36. The summed E-state index contributed by atoms with van der Waals surface area (Å²) in [5.74, 6) is 0. The number of rotatable bonds is 2. The Labute approximate surface area is 99.6 Å². The lowest BCUT2D eigenvalue weighted by atomic mass is 10.1. The minimum atomic E-state index is 0.649. The van der Waals surface area contributed by atoms with E-state index in [2.05, 4.69) is 10.3 Å². The molecule has 3 nitrogen and oxygen atoms in total. The number of nitrogen functional groups attached to an aromatic ring is 1. The van der Waals surface area contributed by atoms with Crippen LogP contribution in [0.25, 0.3) is 10.9 Å². The summed E-state index contributed by atoms with van der Waals surface area (Å²) in [4.78, 5) is 4.27. The van der Waals surface area contributed by atoms with E-state index < -0.39 is 0 Å². The van der Waals surface area contributed by atoms with Gasteiger partial charge in [-0.2, -0.15) is 0 Å². The van der Waals surface area contributed by atoms with E-state index in [1.807, 2.05) is 26.0 Å². The molecule has 0 spiro atoms. The predicted molar refractivity (Wildman–Crippen MR) is 70.1 cm³/mol. The van der Waals surface area contributed by atoms with Crippen molar-refractivity contribution in [2.24, 2.45) is 0 Å². The molecule has 16 heavy (non-hydrogen) atoms. The molecule has 0 saturated carbocycles. The molecule has 4 heteroatoms. The third-order valence-corrected chi connectivity index (χ3v) is 2.74. The van der Waals surface area contributed by atoms with Crippen LogP contribution < -0.4 is 11.1 Å². The highest BCUT2D eigenvalue weighted by Crippen LogP contribution is 2.32. The van der Waals surface area contributed by atoms with Crippen molar-refractivity contribution >= 4 is 33.9 Å². The van der Waals surface area contributed by atoms with Gasteiger partial charge in [0.25, 0.3) is 0 Å². The number of benzene rings is 1. The van der Waals surface area contributed by atoms with Crippen LogP contribution in [0.5, 0.6) is 0 Å². The second kappa shape index (κ2) is 4.18. The number of nitrogens with two attached hydrogens (primary N) is 1. The van der Waals surface area contributed by atoms with E-state index in [9.17, 15) is 0 Å². The van der Waals surface area contributed by atoms with Crippen molar-refractivity contribution in [1.82, 2.24) is 4.98 Å². The zero-order chi connectivity index (χ0) is 11.7. The van der Waals surface area contributed by atoms with Gasteiger partial charge in [-0.3, -0.25) is 4.98 Å². The van der Waals surface area contributed by atoms with Gasteiger partial charge in [0.2, 0.25) is 0 Å². The van der Waals surface area contributed by atoms with Crippen molar-refractivity contribution in [2.45, 2.75) is 13.8 Å². The molecule has 0 atom stereocenters. The van der Waals surface area contributed by atoms with Crippen molar-refractivity contribution in [2.75, 3.05) is 17.6 Å². The van der Waals surface area contributed by atoms with E-state index in [0.29, 0.717) is 10.7 Å². The molecule has 0 amide bonds. The van der Waals surface area contributed by atoms with Crippen LogP contribution in [-0.2, 0) is 0 Å². The van der Waals surface area contributed by atoms with Gasteiger partial charge in [-0.15, -0.1) is 0 Å². The summed E-state index contributed by atoms with van der Waals surface area (Å²) >= 11 is 6.16. The average Bonchev–Trinajstić information content (AvgIpc) is 2.22. The van der Waals surface area contributed by atoms with Crippen molar-refractivity contribution in [3.63, 3.8) is 0 Å². The lowest BCUT2D eigenvalue weighted by molar-refractivity contribution is 1.21. The number of nitrogens with zero attached hydrogens (tertiary/aromatic N) is 1. The maximum Gasteiger partial charge on any atom is 0.0910 e. The van der Waals surface area contributed by atoms with Crippen LogP contribution >= 0.6 is 11.6 Å². The van der Waals surface area contributed by atoms with Crippen LogP contribution in [0.4, 0.5) is 11.4 Å². The molecule has 1 aromatic heterocycles. The van der Waals surface area contributed by atoms with Gasteiger partial charge in [-0.25, -0.2) is 0 Å². The summed E-state index contributed by atoms with van der Waals surface area (Å²) in [6, 6.07) is 3.95. The quantitative estimate of drug-likeness (QED) is 0.841. The zero-order valence-corrected chi connectivity index (χ0v) is 10.1. The summed E-state index contributed by atoms with van der Waals surface area (Å²) in [6.45, 7) is 4.85. The fourth-order valence-corrected chi connectivity index (χ4v) is 2.11. The van der Waals surface area contributed by atoms with Gasteiger partial charge in [0.05, 0.1) is 28.1 Å². The highest BCUT2D eigenvalue weighted by Gasteiger charge is 2.09. The Morgan fingerprint density at radius 1 is 1.44 bits per heavy atom. The fraction of sp³-hybridized carbons (Fsp3) is 0.250. The molecule has 0 aliphatic carbocycles. The third kappa shape index (κ3) is 1.78. The van der Waals surface area contributed by atoms with Crippen molar-refractivity contribution in [3.8, 4) is 0 Å². The van der Waals surface area contributed by atoms with Crippen LogP contribution in [0.15, 0.2) is 18.3 Å². The van der Waals surface area contributed by atoms with Crippen LogP contribution in [0.2, 0.25) is 5.02 Å². The molecule has 0 bridgehead atoms. The first-order chi connectivity index (χ1) is 7.63. The molecular formula is C12H14ClN3. The molecule has 0 unspecified atom stereocenters. The van der Waals surface area contributed by atoms with Gasteiger partial charge in [-0.1, -0.05) is 11.6 Å². The summed E-state index contributed by atoms with van der Waals surface area (Å²) in [7, 11) is 0. The molecule has 3 N–H and O–H groups in total. The van der Waals surface area contributed by atoms with Crippen LogP contribution in [0.3, 0.4) is 0 Å². The average molecular weight is 236 g/mol. The lowest BCUT2D eigenvalue weighted by Gasteiger charge is -2.12. The largest absolute Gasteiger partial charge is 0.396 e. The van der Waals surface area contributed by atoms with E-state index in [0.717, 1.165) is 28.7 Å². The number of hydrogen-bond acceptors (Lipinski definition) is 3. The smallest absolute Gasteiger partial charge is 0.0910 e. The second-order valence-corrected chi connectivity index (χ2v) is 4.17. The minimum Gasteiger partial charge on any atom is -0.396 e. The predicted octanol–water partition coefficient (Wildman–Crippen LogP) is 3.21. The van der Waals surface area contributed by atoms with Crippen LogP contribution in [0.1, 0.15) is 12.5 Å². The molecule has 0 aliphatic rings. The SMILES string of the molecule is CCNc1c(N)cnc2c(Cl)cc(C)cc12. The molecule has 0 aliphatic heterocycles. The monoisotopic (exact) mass is 235 g/mol. The summed E-state index contributed by atoms with van der Waals surface area (Å²) in [5, 5.41) is 4.89. The Morgan fingerprint density at radius 3 is 2.88 bits per heavy atom. The Balaban J connectivity index is 2.80. The maximum atomic E-state index is 6.16. The normalized spacial score (nSPS) is 10.7. The molecule has 1 heterocycles. The molecule has 0 fully saturated rings. The first-order valence-electron chi connectivity index (χ1n) is 5.21. The highest BCUT2D eigenvalue weighted by molar-refractivity contribution is 6.35. The number of hydrogen-bond donors (Lipinski definition) is 2. The van der Waals surface area contributed by atoms with E-state index in [1.165, 1.54) is 0 Å². The first-order valence-corrected chi connectivity index (χ1v) is 5.59. The molecule has 2 rings (SSSR count). The summed E-state index contributed by atoms with van der Waals surface area (Å²) in [6.07, 6.45) is 1.64. The topological polar surface area (TPSA) is 50.9 Å².